The minimum Gasteiger partial charge on any atom is -0.484 e. The number of para-hydroxylation sites is 2. The van der Waals surface area contributed by atoms with E-state index in [1.807, 2.05) is 41.3 Å². The highest BCUT2D eigenvalue weighted by Gasteiger charge is 2.30. The minimum atomic E-state index is 0.0176. The molecule has 5 rings (SSSR count). The SMILES string of the molecule is Cc1c(-c2csc(C3CCCCN3C(=O)COc3ccccc3)n2)[nH]c2ccccc12. The molecule has 1 saturated heterocycles. The highest BCUT2D eigenvalue weighted by atomic mass is 32.1. The molecule has 1 aliphatic heterocycles. The van der Waals surface area contributed by atoms with Crippen LogP contribution in [0.1, 0.15) is 35.9 Å². The summed E-state index contributed by atoms with van der Waals surface area (Å²) in [5, 5.41) is 4.32. The molecule has 0 saturated carbocycles. The molecule has 2 aromatic heterocycles. The Morgan fingerprint density at radius 2 is 1.97 bits per heavy atom. The number of ether oxygens (including phenoxy) is 1. The maximum atomic E-state index is 13.0. The third kappa shape index (κ3) is 3.95. The van der Waals surface area contributed by atoms with E-state index in [2.05, 4.69) is 35.5 Å². The molecule has 0 bridgehead atoms. The van der Waals surface area contributed by atoms with Gasteiger partial charge < -0.3 is 14.6 Å². The number of aromatic amines is 1. The van der Waals surface area contributed by atoms with Crippen molar-refractivity contribution in [3.05, 3.63) is 70.5 Å². The maximum Gasteiger partial charge on any atom is 0.261 e. The van der Waals surface area contributed by atoms with Gasteiger partial charge in [0.05, 0.1) is 17.4 Å². The number of thiazole rings is 1. The number of amides is 1. The number of hydrogen-bond donors (Lipinski definition) is 1. The number of fused-ring (bicyclic) bond motifs is 1. The molecule has 5 nitrogen and oxygen atoms in total. The highest BCUT2D eigenvalue weighted by molar-refractivity contribution is 7.10. The average Bonchev–Trinajstić information content (AvgIpc) is 3.43. The highest BCUT2D eigenvalue weighted by Crippen LogP contribution is 2.36. The molecule has 0 aliphatic carbocycles. The van der Waals surface area contributed by atoms with E-state index in [1.165, 1.54) is 10.9 Å². The van der Waals surface area contributed by atoms with Gasteiger partial charge in [-0.3, -0.25) is 4.79 Å². The van der Waals surface area contributed by atoms with Crippen molar-refractivity contribution in [2.45, 2.75) is 32.2 Å². The van der Waals surface area contributed by atoms with Gasteiger partial charge in [-0.1, -0.05) is 36.4 Å². The van der Waals surface area contributed by atoms with Crippen molar-refractivity contribution in [1.82, 2.24) is 14.9 Å². The average molecular weight is 432 g/mol. The lowest BCUT2D eigenvalue weighted by molar-refractivity contribution is -0.137. The number of carbonyl (C=O) groups excluding carboxylic acids is 1. The summed E-state index contributed by atoms with van der Waals surface area (Å²) >= 11 is 1.64. The first-order valence-electron chi connectivity index (χ1n) is 10.7. The number of H-pyrrole nitrogens is 1. The number of nitrogens with zero attached hydrogens (tertiary/aromatic N) is 2. The zero-order valence-electron chi connectivity index (χ0n) is 17.5. The first-order valence-corrected chi connectivity index (χ1v) is 11.6. The van der Waals surface area contributed by atoms with Crippen molar-refractivity contribution >= 4 is 28.1 Å². The van der Waals surface area contributed by atoms with Crippen LogP contribution in [-0.4, -0.2) is 33.9 Å². The number of rotatable bonds is 5. The first kappa shape index (κ1) is 19.8. The molecule has 1 amide bonds. The van der Waals surface area contributed by atoms with E-state index >= 15 is 0 Å². The molecule has 1 aliphatic rings. The molecule has 4 aromatic rings. The van der Waals surface area contributed by atoms with E-state index in [1.54, 1.807) is 11.3 Å². The van der Waals surface area contributed by atoms with E-state index in [-0.39, 0.29) is 18.6 Å². The van der Waals surface area contributed by atoms with Gasteiger partial charge in [-0.05, 0) is 49.9 Å². The van der Waals surface area contributed by atoms with E-state index in [0.29, 0.717) is 0 Å². The molecule has 1 unspecified atom stereocenters. The lowest BCUT2D eigenvalue weighted by atomic mass is 10.0. The monoisotopic (exact) mass is 431 g/mol. The molecule has 31 heavy (non-hydrogen) atoms. The summed E-state index contributed by atoms with van der Waals surface area (Å²) in [5.74, 6) is 0.738. The van der Waals surface area contributed by atoms with Crippen LogP contribution in [0, 0.1) is 6.92 Å². The summed E-state index contributed by atoms with van der Waals surface area (Å²) in [4.78, 5) is 23.4. The maximum absolute atomic E-state index is 13.0. The topological polar surface area (TPSA) is 58.2 Å². The van der Waals surface area contributed by atoms with E-state index in [0.717, 1.165) is 53.5 Å². The third-order valence-corrected chi connectivity index (χ3v) is 6.90. The van der Waals surface area contributed by atoms with Crippen LogP contribution in [0.5, 0.6) is 5.75 Å². The molecular weight excluding hydrogens is 406 g/mol. The fourth-order valence-electron chi connectivity index (χ4n) is 4.33. The largest absolute Gasteiger partial charge is 0.484 e. The zero-order valence-corrected chi connectivity index (χ0v) is 18.3. The number of carbonyl (C=O) groups is 1. The van der Waals surface area contributed by atoms with Gasteiger partial charge >= 0.3 is 0 Å². The number of nitrogens with one attached hydrogen (secondary N) is 1. The number of hydrogen-bond acceptors (Lipinski definition) is 4. The summed E-state index contributed by atoms with van der Waals surface area (Å²) in [6.07, 6.45) is 3.07. The van der Waals surface area contributed by atoms with Crippen molar-refractivity contribution < 1.29 is 9.53 Å². The van der Waals surface area contributed by atoms with E-state index < -0.39 is 0 Å². The summed E-state index contributed by atoms with van der Waals surface area (Å²) in [6, 6.07) is 17.8. The summed E-state index contributed by atoms with van der Waals surface area (Å²) in [5.41, 5.74) is 4.34. The second-order valence-corrected chi connectivity index (χ2v) is 8.83. The number of likely N-dealkylation sites (tertiary alicyclic amines) is 1. The number of piperidine rings is 1. The van der Waals surface area contributed by atoms with Crippen molar-refractivity contribution in [1.29, 1.82) is 0 Å². The van der Waals surface area contributed by atoms with Gasteiger partial charge in [-0.25, -0.2) is 4.98 Å². The van der Waals surface area contributed by atoms with Crippen molar-refractivity contribution in [3.63, 3.8) is 0 Å². The van der Waals surface area contributed by atoms with Gasteiger partial charge in [0.25, 0.3) is 5.91 Å². The summed E-state index contributed by atoms with van der Waals surface area (Å²) < 4.78 is 5.72. The Morgan fingerprint density at radius 3 is 2.81 bits per heavy atom. The van der Waals surface area contributed by atoms with Crippen LogP contribution >= 0.6 is 11.3 Å². The predicted octanol–water partition coefficient (Wildman–Crippen LogP) is 5.73. The number of aromatic nitrogens is 2. The van der Waals surface area contributed by atoms with Crippen molar-refractivity contribution in [2.24, 2.45) is 0 Å². The molecule has 2 aromatic carbocycles. The van der Waals surface area contributed by atoms with Crippen molar-refractivity contribution in [2.75, 3.05) is 13.2 Å². The second-order valence-electron chi connectivity index (χ2n) is 7.94. The molecule has 158 valence electrons. The normalized spacial score (nSPS) is 16.5. The quantitative estimate of drug-likeness (QED) is 0.439. The van der Waals surface area contributed by atoms with Crippen LogP contribution in [0.15, 0.2) is 60.0 Å². The molecule has 1 fully saturated rings. The fraction of sp³-hybridized carbons (Fsp3) is 0.280. The Balaban J connectivity index is 1.36. The molecule has 3 heterocycles. The van der Waals surface area contributed by atoms with Crippen LogP contribution in [0.25, 0.3) is 22.3 Å². The van der Waals surface area contributed by atoms with Crippen LogP contribution in [-0.2, 0) is 4.79 Å². The minimum absolute atomic E-state index is 0.0176. The van der Waals surface area contributed by atoms with Gasteiger partial charge in [0.2, 0.25) is 0 Å². The molecule has 0 radical (unpaired) electrons. The Bertz CT molecular complexity index is 1200. The standard InChI is InChI=1S/C25H25N3O2S/c1-17-19-11-5-6-12-20(19)26-24(17)21-16-31-25(27-21)22-13-7-8-14-28(22)23(29)15-30-18-9-3-2-4-10-18/h2-6,9-12,16,22,26H,7-8,13-15H2,1H3. The Morgan fingerprint density at radius 1 is 1.16 bits per heavy atom. The Labute approximate surface area is 185 Å². The predicted molar refractivity (Wildman–Crippen MR) is 124 cm³/mol. The second kappa shape index (κ2) is 8.55. The lowest BCUT2D eigenvalue weighted by Gasteiger charge is -2.34. The van der Waals surface area contributed by atoms with Crippen LogP contribution in [0.4, 0.5) is 0 Å². The summed E-state index contributed by atoms with van der Waals surface area (Å²) in [6.45, 7) is 2.94. The van der Waals surface area contributed by atoms with Gasteiger partial charge in [-0.2, -0.15) is 0 Å². The smallest absolute Gasteiger partial charge is 0.261 e. The van der Waals surface area contributed by atoms with Gasteiger partial charge in [-0.15, -0.1) is 11.3 Å². The number of aryl methyl sites for hydroxylation is 1. The lowest BCUT2D eigenvalue weighted by Crippen LogP contribution is -2.41. The Hall–Kier alpha value is -3.12. The first-order chi connectivity index (χ1) is 15.2. The fourth-order valence-corrected chi connectivity index (χ4v) is 5.28. The molecular formula is C25H25N3O2S. The van der Waals surface area contributed by atoms with Crippen LogP contribution in [0.2, 0.25) is 0 Å². The Kier molecular flexibility index (Phi) is 5.47. The molecule has 6 heteroatoms. The third-order valence-electron chi connectivity index (χ3n) is 5.96. The van der Waals surface area contributed by atoms with Gasteiger partial charge in [0.15, 0.2) is 6.61 Å². The van der Waals surface area contributed by atoms with Crippen LogP contribution < -0.4 is 4.74 Å². The number of benzene rings is 2. The molecule has 0 spiro atoms. The van der Waals surface area contributed by atoms with Gasteiger partial charge in [0.1, 0.15) is 10.8 Å². The van der Waals surface area contributed by atoms with E-state index in [9.17, 15) is 4.79 Å². The molecule has 1 atom stereocenters. The van der Waals surface area contributed by atoms with Gasteiger partial charge in [0, 0.05) is 22.8 Å². The molecule has 1 N–H and O–H groups in total. The zero-order chi connectivity index (χ0) is 21.2. The van der Waals surface area contributed by atoms with Crippen LogP contribution in [0.3, 0.4) is 0 Å². The summed E-state index contributed by atoms with van der Waals surface area (Å²) in [7, 11) is 0. The van der Waals surface area contributed by atoms with E-state index in [4.69, 9.17) is 9.72 Å². The van der Waals surface area contributed by atoms with Crippen molar-refractivity contribution in [3.8, 4) is 17.1 Å².